The van der Waals surface area contributed by atoms with Crippen molar-refractivity contribution in [2.45, 2.75) is 24.9 Å². The molecule has 2 aromatic rings. The van der Waals surface area contributed by atoms with Gasteiger partial charge in [0, 0.05) is 30.6 Å². The predicted octanol–water partition coefficient (Wildman–Crippen LogP) is 1.93. The molecule has 0 atom stereocenters. The van der Waals surface area contributed by atoms with Gasteiger partial charge in [-0.2, -0.15) is 4.31 Å². The Morgan fingerprint density at radius 3 is 2.79 bits per heavy atom. The quantitative estimate of drug-likeness (QED) is 0.915. The minimum Gasteiger partial charge on any atom is -0.472 e. The maximum absolute atomic E-state index is 12.6. The zero-order valence-corrected chi connectivity index (χ0v) is 12.4. The highest BCUT2D eigenvalue weighted by molar-refractivity contribution is 7.89. The Morgan fingerprint density at radius 1 is 1.47 bits per heavy atom. The first-order chi connectivity index (χ1) is 8.96. The van der Waals surface area contributed by atoms with E-state index in [4.69, 9.17) is 10.2 Å². The van der Waals surface area contributed by atoms with Gasteiger partial charge < -0.3 is 10.2 Å². The highest BCUT2D eigenvalue weighted by Crippen LogP contribution is 2.29. The Bertz CT molecular complexity index is 645. The second-order valence-electron chi connectivity index (χ2n) is 4.27. The third-order valence-electron chi connectivity index (χ3n) is 2.83. The van der Waals surface area contributed by atoms with Gasteiger partial charge in [0.05, 0.1) is 12.5 Å². The van der Waals surface area contributed by atoms with Crippen LogP contribution in [0.15, 0.2) is 33.3 Å². The average molecular weight is 300 g/mol. The number of hydrogen-bond acceptors (Lipinski definition) is 5. The summed E-state index contributed by atoms with van der Waals surface area (Å²) in [5, 5.41) is 1.82. The Morgan fingerprint density at radius 2 is 2.21 bits per heavy atom. The summed E-state index contributed by atoms with van der Waals surface area (Å²) >= 11 is 1.38. The SMILES string of the molecule is Cc1csc(CN)c1S(=O)(=O)N(C)Cc1ccoc1. The average Bonchev–Trinajstić information content (AvgIpc) is 2.98. The molecule has 7 heteroatoms. The van der Waals surface area contributed by atoms with Gasteiger partial charge in [-0.3, -0.25) is 0 Å². The molecule has 0 radical (unpaired) electrons. The van der Waals surface area contributed by atoms with Crippen molar-refractivity contribution >= 4 is 21.4 Å². The zero-order valence-electron chi connectivity index (χ0n) is 10.8. The maximum atomic E-state index is 12.6. The monoisotopic (exact) mass is 300 g/mol. The van der Waals surface area contributed by atoms with E-state index in [0.29, 0.717) is 9.77 Å². The van der Waals surface area contributed by atoms with E-state index in [1.165, 1.54) is 28.2 Å². The Balaban J connectivity index is 2.33. The molecule has 0 aromatic carbocycles. The van der Waals surface area contributed by atoms with Gasteiger partial charge in [0.15, 0.2) is 0 Å². The molecular formula is C12H16N2O3S2. The van der Waals surface area contributed by atoms with Crippen LogP contribution < -0.4 is 5.73 Å². The van der Waals surface area contributed by atoms with E-state index in [9.17, 15) is 8.42 Å². The molecule has 104 valence electrons. The second-order valence-corrected chi connectivity index (χ2v) is 7.21. The summed E-state index contributed by atoms with van der Waals surface area (Å²) in [6.45, 7) is 2.29. The zero-order chi connectivity index (χ0) is 14.0. The number of furan rings is 1. The molecule has 0 aliphatic rings. The van der Waals surface area contributed by atoms with Crippen LogP contribution in [-0.2, 0) is 23.1 Å². The molecule has 0 bridgehead atoms. The van der Waals surface area contributed by atoms with Crippen molar-refractivity contribution in [3.63, 3.8) is 0 Å². The molecule has 2 heterocycles. The molecule has 2 aromatic heterocycles. The first kappa shape index (κ1) is 14.3. The van der Waals surface area contributed by atoms with Crippen molar-refractivity contribution in [3.8, 4) is 0 Å². The van der Waals surface area contributed by atoms with E-state index in [1.807, 2.05) is 5.38 Å². The molecule has 2 rings (SSSR count). The van der Waals surface area contributed by atoms with Crippen molar-refractivity contribution in [3.05, 3.63) is 40.0 Å². The summed E-state index contributed by atoms with van der Waals surface area (Å²) in [7, 11) is -1.97. The van der Waals surface area contributed by atoms with E-state index < -0.39 is 10.0 Å². The van der Waals surface area contributed by atoms with Crippen LogP contribution in [-0.4, -0.2) is 19.8 Å². The smallest absolute Gasteiger partial charge is 0.244 e. The van der Waals surface area contributed by atoms with Crippen molar-refractivity contribution in [1.29, 1.82) is 0 Å². The molecule has 0 saturated heterocycles. The van der Waals surface area contributed by atoms with Crippen LogP contribution in [0.2, 0.25) is 0 Å². The highest BCUT2D eigenvalue weighted by Gasteiger charge is 2.27. The molecule has 5 nitrogen and oxygen atoms in total. The summed E-state index contributed by atoms with van der Waals surface area (Å²) < 4.78 is 31.4. The van der Waals surface area contributed by atoms with Gasteiger partial charge in [-0.25, -0.2) is 8.42 Å². The summed E-state index contributed by atoms with van der Waals surface area (Å²) in [4.78, 5) is 1.03. The lowest BCUT2D eigenvalue weighted by molar-refractivity contribution is 0.462. The normalized spacial score (nSPS) is 12.2. The van der Waals surface area contributed by atoms with E-state index >= 15 is 0 Å². The number of nitrogens with zero attached hydrogens (tertiary/aromatic N) is 1. The van der Waals surface area contributed by atoms with Gasteiger partial charge in [0.2, 0.25) is 10.0 Å². The summed E-state index contributed by atoms with van der Waals surface area (Å²) in [6, 6.07) is 1.75. The molecule has 0 saturated carbocycles. The highest BCUT2D eigenvalue weighted by atomic mass is 32.2. The van der Waals surface area contributed by atoms with Crippen LogP contribution in [0.5, 0.6) is 0 Å². The minimum atomic E-state index is -3.52. The molecule has 0 aliphatic carbocycles. The number of sulfonamides is 1. The van der Waals surface area contributed by atoms with Crippen molar-refractivity contribution in [2.75, 3.05) is 7.05 Å². The van der Waals surface area contributed by atoms with Gasteiger partial charge in [-0.15, -0.1) is 11.3 Å². The van der Waals surface area contributed by atoms with Gasteiger partial charge in [-0.1, -0.05) is 0 Å². The third-order valence-corrected chi connectivity index (χ3v) is 6.12. The topological polar surface area (TPSA) is 76.5 Å². The van der Waals surface area contributed by atoms with E-state index in [1.54, 1.807) is 20.0 Å². The van der Waals surface area contributed by atoms with Crippen molar-refractivity contribution in [2.24, 2.45) is 5.73 Å². The third kappa shape index (κ3) is 2.74. The fourth-order valence-electron chi connectivity index (χ4n) is 1.86. The van der Waals surface area contributed by atoms with Crippen molar-refractivity contribution < 1.29 is 12.8 Å². The Labute approximate surface area is 116 Å². The number of thiophene rings is 1. The molecule has 2 N–H and O–H groups in total. The van der Waals surface area contributed by atoms with E-state index in [2.05, 4.69) is 0 Å². The van der Waals surface area contributed by atoms with Crippen LogP contribution in [0, 0.1) is 6.92 Å². The first-order valence-corrected chi connectivity index (χ1v) is 8.03. The molecule has 0 aliphatic heterocycles. The van der Waals surface area contributed by atoms with Crippen LogP contribution >= 0.6 is 11.3 Å². The maximum Gasteiger partial charge on any atom is 0.244 e. The molecule has 0 amide bonds. The molecule has 0 spiro atoms. The summed E-state index contributed by atoms with van der Waals surface area (Å²) in [6.07, 6.45) is 3.06. The van der Waals surface area contributed by atoms with Gasteiger partial charge in [0.1, 0.15) is 4.90 Å². The molecule has 0 fully saturated rings. The largest absolute Gasteiger partial charge is 0.472 e. The lowest BCUT2D eigenvalue weighted by Crippen LogP contribution is -2.27. The van der Waals surface area contributed by atoms with Crippen LogP contribution in [0.4, 0.5) is 0 Å². The van der Waals surface area contributed by atoms with Crippen LogP contribution in [0.3, 0.4) is 0 Å². The fraction of sp³-hybridized carbons (Fsp3) is 0.333. The van der Waals surface area contributed by atoms with Gasteiger partial charge in [-0.05, 0) is 23.9 Å². The number of rotatable bonds is 5. The Kier molecular flexibility index (Phi) is 4.10. The second kappa shape index (κ2) is 5.46. The lowest BCUT2D eigenvalue weighted by Gasteiger charge is -2.17. The number of hydrogen-bond donors (Lipinski definition) is 1. The minimum absolute atomic E-state index is 0.229. The summed E-state index contributed by atoms with van der Waals surface area (Å²) in [5.74, 6) is 0. The van der Waals surface area contributed by atoms with E-state index in [-0.39, 0.29) is 13.1 Å². The number of aryl methyl sites for hydroxylation is 1. The van der Waals surface area contributed by atoms with Crippen LogP contribution in [0.1, 0.15) is 16.0 Å². The molecular weight excluding hydrogens is 284 g/mol. The molecule has 19 heavy (non-hydrogen) atoms. The van der Waals surface area contributed by atoms with Gasteiger partial charge >= 0.3 is 0 Å². The van der Waals surface area contributed by atoms with Gasteiger partial charge in [0.25, 0.3) is 0 Å². The fourth-order valence-corrected chi connectivity index (χ4v) is 4.66. The van der Waals surface area contributed by atoms with Crippen LogP contribution in [0.25, 0.3) is 0 Å². The summed E-state index contributed by atoms with van der Waals surface area (Å²) in [5.41, 5.74) is 7.16. The lowest BCUT2D eigenvalue weighted by atomic mass is 10.3. The first-order valence-electron chi connectivity index (χ1n) is 5.71. The van der Waals surface area contributed by atoms with Crippen molar-refractivity contribution in [1.82, 2.24) is 4.31 Å². The number of nitrogens with two attached hydrogens (primary N) is 1. The van der Waals surface area contributed by atoms with E-state index in [0.717, 1.165) is 11.1 Å². The predicted molar refractivity (Wildman–Crippen MR) is 74.3 cm³/mol. The standard InChI is InChI=1S/C12H16N2O3S2/c1-9-8-18-11(5-13)12(9)19(15,16)14(2)6-10-3-4-17-7-10/h3-4,7-8H,5-6,13H2,1-2H3. The molecule has 0 unspecified atom stereocenters. The Hall–Kier alpha value is -1.15.